The number of nitrogens with one attached hydrogen (secondary N) is 2. The summed E-state index contributed by atoms with van der Waals surface area (Å²) in [6.45, 7) is 6.36. The van der Waals surface area contributed by atoms with Gasteiger partial charge in [0.2, 0.25) is 0 Å². The average Bonchev–Trinajstić information content (AvgIpc) is 3.21. The van der Waals surface area contributed by atoms with Crippen molar-refractivity contribution >= 4 is 29.9 Å². The molecule has 2 fully saturated rings. The lowest BCUT2D eigenvalue weighted by atomic mass is 9.92. The number of guanidine groups is 1. The van der Waals surface area contributed by atoms with Gasteiger partial charge in [-0.25, -0.2) is 0 Å². The SMILES string of the molecule is CCCN=C(NCCc1ccco1)NC1CCN(C2CCCCC2)CC1.I. The van der Waals surface area contributed by atoms with Gasteiger partial charge in [-0.3, -0.25) is 4.99 Å². The molecule has 2 heterocycles. The topological polar surface area (TPSA) is 52.8 Å². The molecule has 154 valence electrons. The molecule has 0 radical (unpaired) electrons. The van der Waals surface area contributed by atoms with Crippen molar-refractivity contribution in [2.75, 3.05) is 26.2 Å². The summed E-state index contributed by atoms with van der Waals surface area (Å²) in [7, 11) is 0. The van der Waals surface area contributed by atoms with Crippen LogP contribution in [0.25, 0.3) is 0 Å². The van der Waals surface area contributed by atoms with Gasteiger partial charge >= 0.3 is 0 Å². The van der Waals surface area contributed by atoms with E-state index in [0.29, 0.717) is 6.04 Å². The molecule has 2 N–H and O–H groups in total. The van der Waals surface area contributed by atoms with E-state index in [4.69, 9.17) is 9.41 Å². The quantitative estimate of drug-likeness (QED) is 0.344. The van der Waals surface area contributed by atoms with Crippen molar-refractivity contribution in [1.29, 1.82) is 0 Å². The first-order valence-electron chi connectivity index (χ1n) is 10.7. The monoisotopic (exact) mass is 488 g/mol. The fourth-order valence-corrected chi connectivity index (χ4v) is 4.18. The van der Waals surface area contributed by atoms with Gasteiger partial charge in [-0.15, -0.1) is 24.0 Å². The van der Waals surface area contributed by atoms with Crippen LogP contribution in [0.15, 0.2) is 27.8 Å². The van der Waals surface area contributed by atoms with E-state index in [1.54, 1.807) is 6.26 Å². The highest BCUT2D eigenvalue weighted by molar-refractivity contribution is 14.0. The Labute approximate surface area is 181 Å². The van der Waals surface area contributed by atoms with Crippen LogP contribution >= 0.6 is 24.0 Å². The third kappa shape index (κ3) is 7.64. The average molecular weight is 488 g/mol. The van der Waals surface area contributed by atoms with Crippen molar-refractivity contribution in [3.05, 3.63) is 24.2 Å². The highest BCUT2D eigenvalue weighted by atomic mass is 127. The minimum Gasteiger partial charge on any atom is -0.469 e. The molecule has 1 aromatic rings. The number of hydrogen-bond acceptors (Lipinski definition) is 3. The summed E-state index contributed by atoms with van der Waals surface area (Å²) in [6, 6.07) is 5.37. The first-order chi connectivity index (χ1) is 12.8. The summed E-state index contributed by atoms with van der Waals surface area (Å²) in [4.78, 5) is 7.45. The van der Waals surface area contributed by atoms with Crippen molar-refractivity contribution in [1.82, 2.24) is 15.5 Å². The van der Waals surface area contributed by atoms with Crippen molar-refractivity contribution in [2.45, 2.75) is 76.8 Å². The number of piperidine rings is 1. The lowest BCUT2D eigenvalue weighted by molar-refractivity contribution is 0.119. The molecule has 1 aliphatic heterocycles. The largest absolute Gasteiger partial charge is 0.469 e. The van der Waals surface area contributed by atoms with Crippen LogP contribution in [0.5, 0.6) is 0 Å². The molecule has 0 bridgehead atoms. The number of nitrogens with zero attached hydrogens (tertiary/aromatic N) is 2. The predicted molar refractivity (Wildman–Crippen MR) is 123 cm³/mol. The van der Waals surface area contributed by atoms with Gasteiger partial charge in [0.15, 0.2) is 5.96 Å². The second-order valence-corrected chi connectivity index (χ2v) is 7.73. The Kier molecular flexibility index (Phi) is 10.6. The van der Waals surface area contributed by atoms with Crippen LogP contribution in [0.2, 0.25) is 0 Å². The number of likely N-dealkylation sites (tertiary alicyclic amines) is 1. The molecule has 1 saturated heterocycles. The van der Waals surface area contributed by atoms with Crippen LogP contribution in [0.4, 0.5) is 0 Å². The third-order valence-corrected chi connectivity index (χ3v) is 5.70. The maximum atomic E-state index is 5.41. The first kappa shape index (κ1) is 22.5. The molecule has 1 aliphatic carbocycles. The Morgan fingerprint density at radius 1 is 1.19 bits per heavy atom. The van der Waals surface area contributed by atoms with Crippen LogP contribution in [0, 0.1) is 0 Å². The molecule has 0 unspecified atom stereocenters. The van der Waals surface area contributed by atoms with Crippen molar-refractivity contribution in [3.63, 3.8) is 0 Å². The molecule has 1 saturated carbocycles. The highest BCUT2D eigenvalue weighted by Gasteiger charge is 2.26. The minimum absolute atomic E-state index is 0. The van der Waals surface area contributed by atoms with E-state index in [9.17, 15) is 0 Å². The predicted octanol–water partition coefficient (Wildman–Crippen LogP) is 4.18. The number of furan rings is 1. The summed E-state index contributed by atoms with van der Waals surface area (Å²) >= 11 is 0. The Morgan fingerprint density at radius 3 is 2.63 bits per heavy atom. The van der Waals surface area contributed by atoms with E-state index in [2.05, 4.69) is 22.5 Å². The van der Waals surface area contributed by atoms with Gasteiger partial charge in [0.25, 0.3) is 0 Å². The van der Waals surface area contributed by atoms with Gasteiger partial charge in [0.1, 0.15) is 5.76 Å². The zero-order chi connectivity index (χ0) is 18.0. The van der Waals surface area contributed by atoms with Crippen LogP contribution in [-0.2, 0) is 6.42 Å². The Bertz CT molecular complexity index is 520. The number of halogens is 1. The second-order valence-electron chi connectivity index (χ2n) is 7.73. The van der Waals surface area contributed by atoms with Gasteiger partial charge in [0.05, 0.1) is 6.26 Å². The summed E-state index contributed by atoms with van der Waals surface area (Å²) < 4.78 is 5.41. The normalized spacial score (nSPS) is 20.3. The van der Waals surface area contributed by atoms with E-state index in [1.807, 2.05) is 12.1 Å². The Hall–Kier alpha value is -0.760. The van der Waals surface area contributed by atoms with E-state index in [-0.39, 0.29) is 24.0 Å². The molecule has 6 heteroatoms. The Balaban J connectivity index is 0.00000261. The second kappa shape index (κ2) is 12.6. The van der Waals surface area contributed by atoms with Gasteiger partial charge in [0, 0.05) is 44.7 Å². The number of rotatable bonds is 7. The molecule has 2 aliphatic rings. The van der Waals surface area contributed by atoms with Gasteiger partial charge < -0.3 is 20.0 Å². The molecule has 0 amide bonds. The Morgan fingerprint density at radius 2 is 1.96 bits per heavy atom. The van der Waals surface area contributed by atoms with Crippen LogP contribution in [0.1, 0.15) is 64.1 Å². The fourth-order valence-electron chi connectivity index (χ4n) is 4.18. The third-order valence-electron chi connectivity index (χ3n) is 5.70. The van der Waals surface area contributed by atoms with Crippen molar-refractivity contribution < 1.29 is 4.42 Å². The van der Waals surface area contributed by atoms with Crippen LogP contribution in [-0.4, -0.2) is 49.1 Å². The van der Waals surface area contributed by atoms with E-state index >= 15 is 0 Å². The van der Waals surface area contributed by atoms with E-state index in [1.165, 1.54) is 58.0 Å². The standard InChI is InChI=1S/C21H36N4O.HI/c1-2-13-22-21(23-14-10-20-9-6-17-26-20)24-18-11-15-25(16-12-18)19-7-4-3-5-8-19;/h6,9,17-19H,2-5,7-8,10-16H2,1H3,(H2,22,23,24);1H. The molecule has 1 aromatic heterocycles. The maximum absolute atomic E-state index is 5.41. The van der Waals surface area contributed by atoms with E-state index in [0.717, 1.165) is 43.7 Å². The molecule has 0 aromatic carbocycles. The maximum Gasteiger partial charge on any atom is 0.191 e. The highest BCUT2D eigenvalue weighted by Crippen LogP contribution is 2.25. The van der Waals surface area contributed by atoms with Crippen molar-refractivity contribution in [3.8, 4) is 0 Å². The summed E-state index contributed by atoms with van der Waals surface area (Å²) in [5.74, 6) is 1.99. The zero-order valence-corrected chi connectivity index (χ0v) is 19.1. The lowest BCUT2D eigenvalue weighted by Crippen LogP contribution is -2.51. The molecule has 27 heavy (non-hydrogen) atoms. The van der Waals surface area contributed by atoms with Gasteiger partial charge in [-0.2, -0.15) is 0 Å². The molecular formula is C21H37IN4O. The molecule has 5 nitrogen and oxygen atoms in total. The minimum atomic E-state index is 0. The van der Waals surface area contributed by atoms with Crippen molar-refractivity contribution in [2.24, 2.45) is 4.99 Å². The lowest BCUT2D eigenvalue weighted by Gasteiger charge is -2.39. The summed E-state index contributed by atoms with van der Waals surface area (Å²) in [5.41, 5.74) is 0. The number of aliphatic imine (C=N–C) groups is 1. The summed E-state index contributed by atoms with van der Waals surface area (Å²) in [6.07, 6.45) is 13.3. The zero-order valence-electron chi connectivity index (χ0n) is 16.8. The summed E-state index contributed by atoms with van der Waals surface area (Å²) in [5, 5.41) is 7.16. The van der Waals surface area contributed by atoms with Crippen LogP contribution in [0.3, 0.4) is 0 Å². The molecular weight excluding hydrogens is 451 g/mol. The number of hydrogen-bond donors (Lipinski definition) is 2. The van der Waals surface area contributed by atoms with Crippen LogP contribution < -0.4 is 10.6 Å². The molecule has 0 spiro atoms. The van der Waals surface area contributed by atoms with Gasteiger partial charge in [-0.1, -0.05) is 26.2 Å². The smallest absolute Gasteiger partial charge is 0.191 e. The van der Waals surface area contributed by atoms with Gasteiger partial charge in [-0.05, 0) is 44.2 Å². The first-order valence-corrected chi connectivity index (χ1v) is 10.7. The molecule has 0 atom stereocenters. The fraction of sp³-hybridized carbons (Fsp3) is 0.762. The molecule has 3 rings (SSSR count). The van der Waals surface area contributed by atoms with E-state index < -0.39 is 0 Å².